The van der Waals surface area contributed by atoms with Crippen molar-refractivity contribution in [3.05, 3.63) is 0 Å². The van der Waals surface area contributed by atoms with E-state index in [1.807, 2.05) is 0 Å². The summed E-state index contributed by atoms with van der Waals surface area (Å²) in [5.74, 6) is 0.0741. The Morgan fingerprint density at radius 2 is 1.88 bits per heavy atom. The van der Waals surface area contributed by atoms with E-state index in [0.29, 0.717) is 6.54 Å². The smallest absolute Gasteiger partial charge is 0.154 e. The molecule has 0 aromatic carbocycles. The zero-order chi connectivity index (χ0) is 11.8. The Kier molecular flexibility index (Phi) is 3.53. The van der Waals surface area contributed by atoms with Crippen LogP contribution >= 0.6 is 0 Å². The molecule has 5 nitrogen and oxygen atoms in total. The first kappa shape index (κ1) is 12.3. The molecule has 6 heteroatoms. The van der Waals surface area contributed by atoms with Crippen molar-refractivity contribution in [3.8, 4) is 0 Å². The van der Waals surface area contributed by atoms with Crippen LogP contribution in [0.1, 0.15) is 19.3 Å². The molecule has 0 bridgehead atoms. The normalized spacial score (nSPS) is 42.6. The van der Waals surface area contributed by atoms with E-state index in [2.05, 4.69) is 5.32 Å². The van der Waals surface area contributed by atoms with Gasteiger partial charge >= 0.3 is 0 Å². The van der Waals surface area contributed by atoms with E-state index in [9.17, 15) is 18.6 Å². The lowest BCUT2D eigenvalue weighted by Crippen LogP contribution is -2.42. The molecule has 4 atom stereocenters. The molecule has 16 heavy (non-hydrogen) atoms. The molecule has 0 amide bonds. The van der Waals surface area contributed by atoms with Gasteiger partial charge in [-0.1, -0.05) is 6.42 Å². The third-order valence-corrected chi connectivity index (χ3v) is 5.30. The molecule has 2 fully saturated rings. The molecule has 0 aromatic heterocycles. The Hall–Kier alpha value is -0.170. The van der Waals surface area contributed by atoms with Crippen LogP contribution in [-0.2, 0) is 9.84 Å². The number of hydrogen-bond donors (Lipinski definition) is 3. The highest BCUT2D eigenvalue weighted by atomic mass is 32.2. The third kappa shape index (κ3) is 2.74. The van der Waals surface area contributed by atoms with E-state index < -0.39 is 15.9 Å². The van der Waals surface area contributed by atoms with Crippen molar-refractivity contribution in [2.45, 2.75) is 37.5 Å². The molecule has 2 rings (SSSR count). The van der Waals surface area contributed by atoms with E-state index in [0.717, 1.165) is 19.3 Å². The van der Waals surface area contributed by atoms with Crippen LogP contribution in [0, 0.1) is 5.92 Å². The predicted molar refractivity (Wildman–Crippen MR) is 59.8 cm³/mol. The van der Waals surface area contributed by atoms with Crippen molar-refractivity contribution in [1.82, 2.24) is 5.32 Å². The van der Waals surface area contributed by atoms with Gasteiger partial charge in [-0.3, -0.25) is 0 Å². The van der Waals surface area contributed by atoms with Gasteiger partial charge in [-0.15, -0.1) is 0 Å². The minimum Gasteiger partial charge on any atom is -0.393 e. The topological polar surface area (TPSA) is 86.6 Å². The number of aliphatic hydroxyl groups excluding tert-OH is 2. The Morgan fingerprint density at radius 3 is 2.38 bits per heavy atom. The maximum absolute atomic E-state index is 11.3. The van der Waals surface area contributed by atoms with Crippen molar-refractivity contribution < 1.29 is 18.6 Å². The van der Waals surface area contributed by atoms with Gasteiger partial charge in [0.15, 0.2) is 9.84 Å². The molecule has 1 saturated heterocycles. The maximum Gasteiger partial charge on any atom is 0.154 e. The quantitative estimate of drug-likeness (QED) is 0.591. The summed E-state index contributed by atoms with van der Waals surface area (Å²) in [6.45, 7) is 0.596. The first-order valence-electron chi connectivity index (χ1n) is 5.78. The molecular formula is C10H19NO4S. The summed E-state index contributed by atoms with van der Waals surface area (Å²) in [4.78, 5) is 0. The molecule has 1 aliphatic heterocycles. The summed E-state index contributed by atoms with van der Waals surface area (Å²) in [5, 5.41) is 22.2. The monoisotopic (exact) mass is 249 g/mol. The Labute approximate surface area is 95.8 Å². The van der Waals surface area contributed by atoms with Crippen molar-refractivity contribution in [3.63, 3.8) is 0 Å². The van der Waals surface area contributed by atoms with Crippen molar-refractivity contribution >= 4 is 9.84 Å². The van der Waals surface area contributed by atoms with Gasteiger partial charge in [0.1, 0.15) is 0 Å². The predicted octanol–water partition coefficient (Wildman–Crippen LogP) is -1.11. The van der Waals surface area contributed by atoms with Gasteiger partial charge in [0.2, 0.25) is 0 Å². The van der Waals surface area contributed by atoms with Gasteiger partial charge in [0.25, 0.3) is 0 Å². The van der Waals surface area contributed by atoms with Gasteiger partial charge in [-0.2, -0.15) is 0 Å². The lowest BCUT2D eigenvalue weighted by molar-refractivity contribution is 0.119. The van der Waals surface area contributed by atoms with Crippen molar-refractivity contribution in [2.24, 2.45) is 5.92 Å². The van der Waals surface area contributed by atoms with Crippen molar-refractivity contribution in [2.75, 3.05) is 18.1 Å². The summed E-state index contributed by atoms with van der Waals surface area (Å²) in [6, 6.07) is -0.363. The molecule has 1 aliphatic carbocycles. The molecule has 0 radical (unpaired) electrons. The van der Waals surface area contributed by atoms with Gasteiger partial charge in [0.05, 0.1) is 23.7 Å². The number of rotatable bonds is 3. The van der Waals surface area contributed by atoms with Crippen LogP contribution in [0.2, 0.25) is 0 Å². The van der Waals surface area contributed by atoms with Crippen LogP contribution in [0.5, 0.6) is 0 Å². The van der Waals surface area contributed by atoms with E-state index in [4.69, 9.17) is 0 Å². The van der Waals surface area contributed by atoms with Crippen LogP contribution in [0.15, 0.2) is 0 Å². The van der Waals surface area contributed by atoms with Gasteiger partial charge in [-0.25, -0.2) is 8.42 Å². The van der Waals surface area contributed by atoms with Crippen LogP contribution in [0.25, 0.3) is 0 Å². The van der Waals surface area contributed by atoms with Crippen LogP contribution in [0.4, 0.5) is 0 Å². The van der Waals surface area contributed by atoms with E-state index in [1.165, 1.54) is 0 Å². The molecule has 0 spiro atoms. The lowest BCUT2D eigenvalue weighted by Gasteiger charge is -2.20. The second-order valence-corrected chi connectivity index (χ2v) is 7.07. The summed E-state index contributed by atoms with van der Waals surface area (Å²) >= 11 is 0. The SMILES string of the molecule is O=S1(=O)CC(O)C(NCC2CCCC2O)C1. The van der Waals surface area contributed by atoms with E-state index in [-0.39, 0.29) is 29.6 Å². The molecule has 0 aromatic rings. The zero-order valence-corrected chi connectivity index (χ0v) is 9.99. The average Bonchev–Trinajstić information content (AvgIpc) is 2.67. The highest BCUT2D eigenvalue weighted by Gasteiger charge is 2.37. The molecule has 2 aliphatic rings. The fourth-order valence-electron chi connectivity index (χ4n) is 2.58. The average molecular weight is 249 g/mol. The minimum atomic E-state index is -3.08. The first-order chi connectivity index (χ1) is 7.48. The minimum absolute atomic E-state index is 0.0109. The standard InChI is InChI=1S/C10H19NO4S/c12-9-3-1-2-7(9)4-11-8-5-16(14,15)6-10(8)13/h7-13H,1-6H2. The third-order valence-electron chi connectivity index (χ3n) is 3.58. The summed E-state index contributed by atoms with van der Waals surface area (Å²) in [6.07, 6.45) is 1.76. The van der Waals surface area contributed by atoms with E-state index >= 15 is 0 Å². The highest BCUT2D eigenvalue weighted by molar-refractivity contribution is 7.91. The molecular weight excluding hydrogens is 230 g/mol. The Morgan fingerprint density at radius 1 is 1.12 bits per heavy atom. The van der Waals surface area contributed by atoms with Crippen molar-refractivity contribution in [1.29, 1.82) is 0 Å². The second-order valence-electron chi connectivity index (χ2n) is 4.92. The fourth-order valence-corrected chi connectivity index (χ4v) is 4.36. The zero-order valence-electron chi connectivity index (χ0n) is 9.17. The molecule has 94 valence electrons. The molecule has 3 N–H and O–H groups in total. The molecule has 1 heterocycles. The number of nitrogens with one attached hydrogen (secondary N) is 1. The number of hydrogen-bond acceptors (Lipinski definition) is 5. The van der Waals surface area contributed by atoms with E-state index in [1.54, 1.807) is 0 Å². The Bertz CT molecular complexity index is 343. The molecule has 1 saturated carbocycles. The number of sulfone groups is 1. The number of aliphatic hydroxyl groups is 2. The van der Waals surface area contributed by atoms with Gasteiger partial charge in [0, 0.05) is 12.6 Å². The van der Waals surface area contributed by atoms with Gasteiger partial charge < -0.3 is 15.5 Å². The summed E-state index contributed by atoms with van der Waals surface area (Å²) in [5.41, 5.74) is 0. The van der Waals surface area contributed by atoms with Gasteiger partial charge in [-0.05, 0) is 18.8 Å². The second kappa shape index (κ2) is 4.60. The highest BCUT2D eigenvalue weighted by Crippen LogP contribution is 2.25. The van der Waals surface area contributed by atoms with Crippen LogP contribution < -0.4 is 5.32 Å². The van der Waals surface area contributed by atoms with Crippen LogP contribution in [0.3, 0.4) is 0 Å². The largest absolute Gasteiger partial charge is 0.393 e. The fraction of sp³-hybridized carbons (Fsp3) is 1.00. The summed E-state index contributed by atoms with van der Waals surface area (Å²) in [7, 11) is -3.08. The lowest BCUT2D eigenvalue weighted by atomic mass is 10.1. The Balaban J connectivity index is 1.82. The summed E-state index contributed by atoms with van der Waals surface area (Å²) < 4.78 is 22.5. The molecule has 4 unspecified atom stereocenters. The van der Waals surface area contributed by atoms with Crippen LogP contribution in [-0.4, -0.2) is 54.9 Å². The maximum atomic E-state index is 11.3. The first-order valence-corrected chi connectivity index (χ1v) is 7.60.